The van der Waals surface area contributed by atoms with Crippen LogP contribution in [0.15, 0.2) is 23.1 Å². The number of nitrogens with one attached hydrogen (secondary N) is 1. The summed E-state index contributed by atoms with van der Waals surface area (Å²) in [5.74, 6) is 0. The average molecular weight is 286 g/mol. The Kier molecular flexibility index (Phi) is 3.23. The predicted molar refractivity (Wildman–Crippen MR) is 69.1 cm³/mol. The molecule has 1 fully saturated rings. The molecule has 1 aromatic carbocycles. The third-order valence-electron chi connectivity index (χ3n) is 2.87. The van der Waals surface area contributed by atoms with Gasteiger partial charge in [-0.05, 0) is 19.1 Å². The molecule has 0 amide bonds. The zero-order valence-corrected chi connectivity index (χ0v) is 11.4. The molecule has 0 atom stereocenters. The molecule has 1 aliphatic rings. The number of sulfone groups is 1. The van der Waals surface area contributed by atoms with Gasteiger partial charge in [0.1, 0.15) is 5.69 Å². The third kappa shape index (κ3) is 2.85. The van der Waals surface area contributed by atoms with Crippen molar-refractivity contribution in [2.75, 3.05) is 24.8 Å². The average Bonchev–Trinajstić information content (AvgIpc) is 2.25. The van der Waals surface area contributed by atoms with Crippen LogP contribution in [0.5, 0.6) is 0 Å². The number of nitro groups is 1. The van der Waals surface area contributed by atoms with Crippen molar-refractivity contribution in [3.63, 3.8) is 0 Å². The van der Waals surface area contributed by atoms with Crippen molar-refractivity contribution in [1.82, 2.24) is 0 Å². The SMILES string of the molecule is CC1(Nc2cc(S(C)(=O)=O)ccc2[N+](=O)[O-])COC1. The first-order chi connectivity index (χ1) is 8.71. The van der Waals surface area contributed by atoms with Gasteiger partial charge in [0.15, 0.2) is 9.84 Å². The van der Waals surface area contributed by atoms with Crippen molar-refractivity contribution in [1.29, 1.82) is 0 Å². The van der Waals surface area contributed by atoms with E-state index >= 15 is 0 Å². The Morgan fingerprint density at radius 3 is 2.47 bits per heavy atom. The quantitative estimate of drug-likeness (QED) is 0.659. The molecular formula is C11H14N2O5S. The summed E-state index contributed by atoms with van der Waals surface area (Å²) in [6, 6.07) is 3.72. The Morgan fingerprint density at radius 2 is 2.05 bits per heavy atom. The van der Waals surface area contributed by atoms with E-state index in [0.29, 0.717) is 13.2 Å². The Hall–Kier alpha value is -1.67. The Bertz CT molecular complexity index is 622. The Balaban J connectivity index is 2.45. The monoisotopic (exact) mass is 286 g/mol. The van der Waals surface area contributed by atoms with E-state index in [1.165, 1.54) is 18.2 Å². The number of nitrogens with zero attached hydrogens (tertiary/aromatic N) is 1. The second-order valence-corrected chi connectivity index (χ2v) is 6.90. The summed E-state index contributed by atoms with van der Waals surface area (Å²) in [5.41, 5.74) is -0.361. The van der Waals surface area contributed by atoms with Gasteiger partial charge < -0.3 is 10.1 Å². The van der Waals surface area contributed by atoms with Gasteiger partial charge in [-0.25, -0.2) is 8.42 Å². The van der Waals surface area contributed by atoms with Gasteiger partial charge in [-0.2, -0.15) is 0 Å². The van der Waals surface area contributed by atoms with Crippen LogP contribution in [0.4, 0.5) is 11.4 Å². The summed E-state index contributed by atoms with van der Waals surface area (Å²) in [6.07, 6.45) is 1.06. The number of hydrogen-bond donors (Lipinski definition) is 1. The van der Waals surface area contributed by atoms with Crippen LogP contribution < -0.4 is 5.32 Å². The molecule has 1 aromatic rings. The first-order valence-corrected chi connectivity index (χ1v) is 7.45. The lowest BCUT2D eigenvalue weighted by atomic mass is 10.00. The third-order valence-corrected chi connectivity index (χ3v) is 3.98. The van der Waals surface area contributed by atoms with Gasteiger partial charge in [0.2, 0.25) is 0 Å². The van der Waals surface area contributed by atoms with Gasteiger partial charge >= 0.3 is 0 Å². The summed E-state index contributed by atoms with van der Waals surface area (Å²) in [4.78, 5) is 10.5. The standard InChI is InChI=1S/C11H14N2O5S/c1-11(6-18-7-11)12-9-5-8(19(2,16)17)3-4-10(9)13(14)15/h3-5,12H,6-7H2,1-2H3. The molecule has 0 spiro atoms. The minimum atomic E-state index is -3.41. The first-order valence-electron chi connectivity index (χ1n) is 5.56. The Labute approximate surface area is 110 Å². The lowest BCUT2D eigenvalue weighted by Gasteiger charge is -2.39. The van der Waals surface area contributed by atoms with E-state index in [-0.39, 0.29) is 16.3 Å². The van der Waals surface area contributed by atoms with Crippen LogP contribution in [0.3, 0.4) is 0 Å². The molecular weight excluding hydrogens is 272 g/mol. The van der Waals surface area contributed by atoms with Crippen LogP contribution in [0.1, 0.15) is 6.92 Å². The largest absolute Gasteiger partial charge is 0.376 e. The number of rotatable bonds is 4. The van der Waals surface area contributed by atoms with Crippen LogP contribution in [0.2, 0.25) is 0 Å². The minimum Gasteiger partial charge on any atom is -0.376 e. The van der Waals surface area contributed by atoms with Crippen molar-refractivity contribution in [3.8, 4) is 0 Å². The number of nitro benzene ring substituents is 1. The molecule has 0 bridgehead atoms. The van der Waals surface area contributed by atoms with Crippen LogP contribution in [-0.4, -0.2) is 38.3 Å². The maximum atomic E-state index is 11.5. The van der Waals surface area contributed by atoms with Gasteiger partial charge in [0, 0.05) is 12.3 Å². The van der Waals surface area contributed by atoms with E-state index in [9.17, 15) is 18.5 Å². The van der Waals surface area contributed by atoms with Crippen molar-refractivity contribution in [2.24, 2.45) is 0 Å². The molecule has 1 saturated heterocycles. The van der Waals surface area contributed by atoms with E-state index in [1.807, 2.05) is 6.92 Å². The fourth-order valence-corrected chi connectivity index (χ4v) is 2.46. The second kappa shape index (κ2) is 4.46. The van der Waals surface area contributed by atoms with Crippen LogP contribution in [0, 0.1) is 10.1 Å². The summed E-state index contributed by atoms with van der Waals surface area (Å²) in [6.45, 7) is 2.70. The fraction of sp³-hybridized carbons (Fsp3) is 0.455. The maximum Gasteiger partial charge on any atom is 0.292 e. The van der Waals surface area contributed by atoms with E-state index in [2.05, 4.69) is 5.32 Å². The molecule has 2 rings (SSSR count). The number of hydrogen-bond acceptors (Lipinski definition) is 6. The normalized spacial score (nSPS) is 17.6. The molecule has 7 nitrogen and oxygen atoms in total. The summed E-state index contributed by atoms with van der Waals surface area (Å²) < 4.78 is 28.0. The molecule has 0 saturated carbocycles. The first kappa shape index (κ1) is 13.8. The van der Waals surface area contributed by atoms with Gasteiger partial charge in [-0.3, -0.25) is 10.1 Å². The molecule has 1 aliphatic heterocycles. The molecule has 0 aliphatic carbocycles. The predicted octanol–water partition coefficient (Wildman–Crippen LogP) is 1.20. The van der Waals surface area contributed by atoms with E-state index < -0.39 is 20.3 Å². The lowest BCUT2D eigenvalue weighted by Crippen LogP contribution is -2.53. The van der Waals surface area contributed by atoms with Crippen molar-refractivity contribution in [2.45, 2.75) is 17.4 Å². The molecule has 0 aromatic heterocycles. The second-order valence-electron chi connectivity index (χ2n) is 4.89. The molecule has 8 heteroatoms. The molecule has 1 heterocycles. The topological polar surface area (TPSA) is 98.5 Å². The summed E-state index contributed by atoms with van der Waals surface area (Å²) in [7, 11) is -3.41. The smallest absolute Gasteiger partial charge is 0.292 e. The van der Waals surface area contributed by atoms with Crippen molar-refractivity contribution < 1.29 is 18.1 Å². The summed E-state index contributed by atoms with van der Waals surface area (Å²) in [5, 5.41) is 13.9. The zero-order valence-electron chi connectivity index (χ0n) is 10.5. The van der Waals surface area contributed by atoms with Gasteiger partial charge in [-0.1, -0.05) is 0 Å². The van der Waals surface area contributed by atoms with E-state index in [4.69, 9.17) is 4.74 Å². The highest BCUT2D eigenvalue weighted by molar-refractivity contribution is 7.90. The summed E-state index contributed by atoms with van der Waals surface area (Å²) >= 11 is 0. The number of ether oxygens (including phenoxy) is 1. The lowest BCUT2D eigenvalue weighted by molar-refractivity contribution is -0.384. The van der Waals surface area contributed by atoms with E-state index in [0.717, 1.165) is 6.26 Å². The molecule has 1 N–H and O–H groups in total. The number of benzene rings is 1. The van der Waals surface area contributed by atoms with Gasteiger partial charge in [0.05, 0.1) is 28.6 Å². The molecule has 0 radical (unpaired) electrons. The Morgan fingerprint density at radius 1 is 1.42 bits per heavy atom. The molecule has 104 valence electrons. The van der Waals surface area contributed by atoms with E-state index in [1.54, 1.807) is 0 Å². The van der Waals surface area contributed by atoms with Crippen molar-refractivity contribution >= 4 is 21.2 Å². The van der Waals surface area contributed by atoms with Gasteiger partial charge in [-0.15, -0.1) is 0 Å². The highest BCUT2D eigenvalue weighted by atomic mass is 32.2. The highest BCUT2D eigenvalue weighted by Gasteiger charge is 2.35. The van der Waals surface area contributed by atoms with Crippen molar-refractivity contribution in [3.05, 3.63) is 28.3 Å². The van der Waals surface area contributed by atoms with Crippen LogP contribution in [0.25, 0.3) is 0 Å². The maximum absolute atomic E-state index is 11.5. The number of anilines is 1. The fourth-order valence-electron chi connectivity index (χ4n) is 1.81. The highest BCUT2D eigenvalue weighted by Crippen LogP contribution is 2.32. The van der Waals surface area contributed by atoms with Crippen LogP contribution in [-0.2, 0) is 14.6 Å². The minimum absolute atomic E-state index is 0.0458. The zero-order chi connectivity index (χ0) is 14.3. The molecule has 0 unspecified atom stereocenters. The van der Waals surface area contributed by atoms with Crippen LogP contribution >= 0.6 is 0 Å². The van der Waals surface area contributed by atoms with Gasteiger partial charge in [0.25, 0.3) is 5.69 Å². The molecule has 19 heavy (non-hydrogen) atoms.